The summed E-state index contributed by atoms with van der Waals surface area (Å²) in [5.41, 5.74) is 1.81. The van der Waals surface area contributed by atoms with E-state index in [0.29, 0.717) is 11.5 Å². The lowest BCUT2D eigenvalue weighted by molar-refractivity contribution is -0.144. The average Bonchev–Trinajstić information content (AvgIpc) is 2.38. The molecule has 0 heterocycles. The molecule has 4 N–H and O–H groups in total. The summed E-state index contributed by atoms with van der Waals surface area (Å²) in [4.78, 5) is 11.2. The van der Waals surface area contributed by atoms with E-state index in [2.05, 4.69) is 5.43 Å². The van der Waals surface area contributed by atoms with Gasteiger partial charge < -0.3 is 14.6 Å². The van der Waals surface area contributed by atoms with Gasteiger partial charge in [-0.1, -0.05) is 6.07 Å². The molecule has 1 unspecified atom stereocenters. The summed E-state index contributed by atoms with van der Waals surface area (Å²) in [5.74, 6) is 5.50. The maximum atomic E-state index is 11.2. The number of nitrogens with one attached hydrogen (secondary N) is 1. The van der Waals surface area contributed by atoms with Gasteiger partial charge in [0.25, 0.3) is 0 Å². The highest BCUT2D eigenvalue weighted by Crippen LogP contribution is 2.27. The van der Waals surface area contributed by atoms with Crippen molar-refractivity contribution >= 4 is 5.97 Å². The highest BCUT2D eigenvalue weighted by Gasteiger charge is 2.33. The van der Waals surface area contributed by atoms with E-state index in [1.165, 1.54) is 14.0 Å². The van der Waals surface area contributed by atoms with Crippen LogP contribution in [0.15, 0.2) is 18.2 Å². The second-order valence-electron chi connectivity index (χ2n) is 4.14. The standard InChI is InChI=1S/C12H18N2O4/c1-12(14-13,11(15)16)7-8-4-5-9(17-2)6-10(8)18-3/h4-6,14H,7,13H2,1-3H3,(H,15,16). The summed E-state index contributed by atoms with van der Waals surface area (Å²) in [7, 11) is 3.07. The second-order valence-corrected chi connectivity index (χ2v) is 4.14. The van der Waals surface area contributed by atoms with E-state index in [1.807, 2.05) is 0 Å². The van der Waals surface area contributed by atoms with Gasteiger partial charge >= 0.3 is 5.97 Å². The van der Waals surface area contributed by atoms with Gasteiger partial charge in [0.2, 0.25) is 0 Å². The Bertz CT molecular complexity index is 436. The van der Waals surface area contributed by atoms with E-state index in [1.54, 1.807) is 25.3 Å². The van der Waals surface area contributed by atoms with Crippen molar-refractivity contribution < 1.29 is 19.4 Å². The van der Waals surface area contributed by atoms with Gasteiger partial charge in [0.1, 0.15) is 17.0 Å². The van der Waals surface area contributed by atoms with Crippen LogP contribution >= 0.6 is 0 Å². The molecule has 0 aliphatic rings. The van der Waals surface area contributed by atoms with Crippen molar-refractivity contribution in [2.24, 2.45) is 5.84 Å². The quantitative estimate of drug-likeness (QED) is 0.507. The summed E-state index contributed by atoms with van der Waals surface area (Å²) in [6, 6.07) is 5.21. The van der Waals surface area contributed by atoms with Gasteiger partial charge in [0.15, 0.2) is 0 Å². The zero-order valence-electron chi connectivity index (χ0n) is 10.7. The van der Waals surface area contributed by atoms with Crippen molar-refractivity contribution in [3.05, 3.63) is 23.8 Å². The summed E-state index contributed by atoms with van der Waals surface area (Å²) in [6.07, 6.45) is 0.200. The number of nitrogens with two attached hydrogens (primary N) is 1. The van der Waals surface area contributed by atoms with Gasteiger partial charge in [-0.05, 0) is 18.6 Å². The van der Waals surface area contributed by atoms with E-state index in [-0.39, 0.29) is 6.42 Å². The number of hydrogen-bond acceptors (Lipinski definition) is 5. The van der Waals surface area contributed by atoms with E-state index >= 15 is 0 Å². The van der Waals surface area contributed by atoms with Crippen molar-refractivity contribution in [3.63, 3.8) is 0 Å². The van der Waals surface area contributed by atoms with Crippen LogP contribution in [0.1, 0.15) is 12.5 Å². The SMILES string of the molecule is COc1ccc(CC(C)(NN)C(=O)O)c(OC)c1. The number of rotatable bonds is 6. The van der Waals surface area contributed by atoms with Crippen LogP contribution in [0, 0.1) is 0 Å². The Morgan fingerprint density at radius 2 is 2.11 bits per heavy atom. The molecule has 18 heavy (non-hydrogen) atoms. The number of benzene rings is 1. The van der Waals surface area contributed by atoms with Crippen LogP contribution in [-0.4, -0.2) is 30.8 Å². The molecule has 100 valence electrons. The van der Waals surface area contributed by atoms with Crippen LogP contribution in [0.3, 0.4) is 0 Å². The maximum Gasteiger partial charge on any atom is 0.325 e. The van der Waals surface area contributed by atoms with Crippen molar-refractivity contribution in [1.29, 1.82) is 0 Å². The Morgan fingerprint density at radius 1 is 1.44 bits per heavy atom. The van der Waals surface area contributed by atoms with Crippen LogP contribution in [0.4, 0.5) is 0 Å². The summed E-state index contributed by atoms with van der Waals surface area (Å²) in [6.45, 7) is 1.51. The molecule has 1 aromatic carbocycles. The molecule has 0 aliphatic heterocycles. The lowest BCUT2D eigenvalue weighted by Gasteiger charge is -2.24. The molecule has 0 amide bonds. The number of aliphatic carboxylic acids is 1. The zero-order valence-corrected chi connectivity index (χ0v) is 10.7. The molecular formula is C12H18N2O4. The highest BCUT2D eigenvalue weighted by molar-refractivity contribution is 5.78. The fraction of sp³-hybridized carbons (Fsp3) is 0.417. The Kier molecular flexibility index (Phi) is 4.52. The lowest BCUT2D eigenvalue weighted by atomic mass is 9.93. The van der Waals surface area contributed by atoms with Crippen LogP contribution in [0.2, 0.25) is 0 Å². The second kappa shape index (κ2) is 5.70. The Hall–Kier alpha value is -1.79. The van der Waals surface area contributed by atoms with Gasteiger partial charge in [0.05, 0.1) is 14.2 Å². The molecule has 1 aromatic rings. The number of hydrazine groups is 1. The molecule has 0 aromatic heterocycles. The lowest BCUT2D eigenvalue weighted by Crippen LogP contribution is -2.54. The largest absolute Gasteiger partial charge is 0.497 e. The van der Waals surface area contributed by atoms with Crippen LogP contribution in [-0.2, 0) is 11.2 Å². The molecule has 0 radical (unpaired) electrons. The fourth-order valence-corrected chi connectivity index (χ4v) is 1.57. The normalized spacial score (nSPS) is 13.8. The first-order valence-corrected chi connectivity index (χ1v) is 5.39. The van der Waals surface area contributed by atoms with Crippen LogP contribution < -0.4 is 20.7 Å². The predicted molar refractivity (Wildman–Crippen MR) is 66.6 cm³/mol. The van der Waals surface area contributed by atoms with Gasteiger partial charge in [0, 0.05) is 12.5 Å². The van der Waals surface area contributed by atoms with Crippen LogP contribution in [0.25, 0.3) is 0 Å². The van der Waals surface area contributed by atoms with E-state index < -0.39 is 11.5 Å². The Labute approximate surface area is 106 Å². The summed E-state index contributed by atoms with van der Waals surface area (Å²) >= 11 is 0. The fourth-order valence-electron chi connectivity index (χ4n) is 1.57. The minimum absolute atomic E-state index is 0.200. The minimum atomic E-state index is -1.25. The zero-order chi connectivity index (χ0) is 13.8. The number of methoxy groups -OCH3 is 2. The third kappa shape index (κ3) is 2.91. The van der Waals surface area contributed by atoms with Gasteiger partial charge in [-0.25, -0.2) is 5.43 Å². The molecular weight excluding hydrogens is 236 g/mol. The molecule has 0 bridgehead atoms. The Morgan fingerprint density at radius 3 is 2.56 bits per heavy atom. The van der Waals surface area contributed by atoms with Gasteiger partial charge in [-0.2, -0.15) is 0 Å². The minimum Gasteiger partial charge on any atom is -0.497 e. The maximum absolute atomic E-state index is 11.2. The molecule has 1 rings (SSSR count). The third-order valence-electron chi connectivity index (χ3n) is 2.83. The highest BCUT2D eigenvalue weighted by atomic mass is 16.5. The average molecular weight is 254 g/mol. The van der Waals surface area contributed by atoms with E-state index in [4.69, 9.17) is 20.4 Å². The first-order valence-electron chi connectivity index (χ1n) is 5.39. The molecule has 0 saturated carbocycles. The van der Waals surface area contributed by atoms with Gasteiger partial charge in [-0.15, -0.1) is 0 Å². The summed E-state index contributed by atoms with van der Waals surface area (Å²) < 4.78 is 10.3. The number of ether oxygens (including phenoxy) is 2. The molecule has 0 fully saturated rings. The van der Waals surface area contributed by atoms with Crippen molar-refractivity contribution in [2.75, 3.05) is 14.2 Å². The topological polar surface area (TPSA) is 93.8 Å². The number of carboxylic acid groups (broad SMARTS) is 1. The molecule has 6 nitrogen and oxygen atoms in total. The Balaban J connectivity index is 3.06. The smallest absolute Gasteiger partial charge is 0.325 e. The molecule has 6 heteroatoms. The molecule has 0 aliphatic carbocycles. The first-order chi connectivity index (χ1) is 8.46. The van der Waals surface area contributed by atoms with Crippen molar-refractivity contribution in [3.8, 4) is 11.5 Å². The first kappa shape index (κ1) is 14.3. The van der Waals surface area contributed by atoms with Crippen molar-refractivity contribution in [1.82, 2.24) is 5.43 Å². The van der Waals surface area contributed by atoms with E-state index in [9.17, 15) is 4.79 Å². The predicted octanol–water partition coefficient (Wildman–Crippen LogP) is 0.553. The summed E-state index contributed by atoms with van der Waals surface area (Å²) in [5, 5.41) is 9.15. The number of carbonyl (C=O) groups is 1. The number of carboxylic acids is 1. The molecule has 0 saturated heterocycles. The van der Waals surface area contributed by atoms with Gasteiger partial charge in [-0.3, -0.25) is 10.6 Å². The number of hydrogen-bond donors (Lipinski definition) is 3. The van der Waals surface area contributed by atoms with Crippen molar-refractivity contribution in [2.45, 2.75) is 18.9 Å². The van der Waals surface area contributed by atoms with E-state index in [0.717, 1.165) is 5.56 Å². The molecule has 1 atom stereocenters. The third-order valence-corrected chi connectivity index (χ3v) is 2.83. The molecule has 0 spiro atoms. The monoisotopic (exact) mass is 254 g/mol. The van der Waals surface area contributed by atoms with Crippen LogP contribution in [0.5, 0.6) is 11.5 Å².